The topological polar surface area (TPSA) is 77.9 Å². The fourth-order valence-electron chi connectivity index (χ4n) is 2.77. The van der Waals surface area contributed by atoms with Crippen LogP contribution in [0.5, 0.6) is 0 Å². The van der Waals surface area contributed by atoms with Gasteiger partial charge >= 0.3 is 0 Å². The van der Waals surface area contributed by atoms with E-state index in [4.69, 9.17) is 4.42 Å². The van der Waals surface area contributed by atoms with E-state index in [2.05, 4.69) is 27.6 Å². The summed E-state index contributed by atoms with van der Waals surface area (Å²) in [5.74, 6) is 0.626. The number of hydrogen-bond acceptors (Lipinski definition) is 4. The van der Waals surface area contributed by atoms with Gasteiger partial charge in [0.1, 0.15) is 5.76 Å². The first kappa shape index (κ1) is 16.8. The fraction of sp³-hybridized carbons (Fsp3) is 0.150. The molecular formula is C20H19N5O2. The lowest BCUT2D eigenvalue weighted by molar-refractivity contribution is 0.0994. The third-order valence-corrected chi connectivity index (χ3v) is 4.13. The highest BCUT2D eigenvalue weighted by Crippen LogP contribution is 2.13. The van der Waals surface area contributed by atoms with Gasteiger partial charge in [0.2, 0.25) is 0 Å². The molecule has 0 unspecified atom stereocenters. The number of nitrogens with zero attached hydrogens (tertiary/aromatic N) is 4. The zero-order valence-electron chi connectivity index (χ0n) is 14.7. The summed E-state index contributed by atoms with van der Waals surface area (Å²) in [6.07, 6.45) is 7.87. The molecule has 1 N–H and O–H groups in total. The summed E-state index contributed by atoms with van der Waals surface area (Å²) in [6, 6.07) is 15.5. The van der Waals surface area contributed by atoms with Crippen LogP contribution < -0.4 is 5.32 Å². The summed E-state index contributed by atoms with van der Waals surface area (Å²) in [5, 5.41) is 11.2. The van der Waals surface area contributed by atoms with Crippen LogP contribution in [-0.4, -0.2) is 25.5 Å². The second-order valence-corrected chi connectivity index (χ2v) is 6.15. The molecule has 0 fully saturated rings. The van der Waals surface area contributed by atoms with Crippen molar-refractivity contribution in [3.63, 3.8) is 0 Å². The first-order valence-corrected chi connectivity index (χ1v) is 8.70. The van der Waals surface area contributed by atoms with Crippen LogP contribution in [0.2, 0.25) is 0 Å². The van der Waals surface area contributed by atoms with Crippen LogP contribution in [0.15, 0.2) is 77.7 Å². The van der Waals surface area contributed by atoms with E-state index in [0.29, 0.717) is 18.0 Å². The van der Waals surface area contributed by atoms with E-state index in [1.54, 1.807) is 29.2 Å². The molecule has 7 nitrogen and oxygen atoms in total. The molecule has 0 aliphatic heterocycles. The highest BCUT2D eigenvalue weighted by Gasteiger charge is 2.13. The Hall–Kier alpha value is -3.61. The molecule has 1 aromatic carbocycles. The number of aryl methyl sites for hydroxylation is 2. The van der Waals surface area contributed by atoms with Crippen LogP contribution >= 0.6 is 0 Å². The monoisotopic (exact) mass is 361 g/mol. The largest absolute Gasteiger partial charge is 0.454 e. The first-order chi connectivity index (χ1) is 13.3. The molecule has 0 bridgehead atoms. The molecule has 0 radical (unpaired) electrons. The van der Waals surface area contributed by atoms with Crippen LogP contribution in [0.1, 0.15) is 21.9 Å². The number of aromatic nitrogens is 4. The van der Waals surface area contributed by atoms with E-state index in [0.717, 1.165) is 13.0 Å². The van der Waals surface area contributed by atoms with Crippen LogP contribution in [0.25, 0.3) is 0 Å². The molecule has 7 heteroatoms. The van der Waals surface area contributed by atoms with Crippen LogP contribution in [0.4, 0.5) is 5.69 Å². The molecule has 0 saturated heterocycles. The minimum atomic E-state index is -0.302. The number of furan rings is 1. The number of hydrogen-bond donors (Lipinski definition) is 1. The van der Waals surface area contributed by atoms with Crippen LogP contribution in [0.3, 0.4) is 0 Å². The van der Waals surface area contributed by atoms with Gasteiger partial charge in [-0.25, -0.2) is 0 Å². The molecule has 4 aromatic rings. The van der Waals surface area contributed by atoms with Gasteiger partial charge in [-0.15, -0.1) is 0 Å². The van der Waals surface area contributed by atoms with Crippen molar-refractivity contribution in [2.45, 2.75) is 19.5 Å². The second-order valence-electron chi connectivity index (χ2n) is 6.15. The summed E-state index contributed by atoms with van der Waals surface area (Å²) in [5.41, 5.74) is 1.89. The van der Waals surface area contributed by atoms with Crippen molar-refractivity contribution in [2.24, 2.45) is 0 Å². The van der Waals surface area contributed by atoms with Crippen LogP contribution in [-0.2, 0) is 19.5 Å². The van der Waals surface area contributed by atoms with E-state index in [-0.39, 0.29) is 11.7 Å². The highest BCUT2D eigenvalue weighted by molar-refractivity contribution is 6.02. The summed E-state index contributed by atoms with van der Waals surface area (Å²) in [6.45, 7) is 1.23. The molecule has 0 atom stereocenters. The van der Waals surface area contributed by atoms with Crippen molar-refractivity contribution in [3.8, 4) is 0 Å². The van der Waals surface area contributed by atoms with Gasteiger partial charge in [-0.2, -0.15) is 10.2 Å². The van der Waals surface area contributed by atoms with Crippen molar-refractivity contribution in [1.82, 2.24) is 19.6 Å². The molecule has 0 aliphatic rings. The molecule has 1 amide bonds. The Kier molecular flexibility index (Phi) is 4.82. The normalized spacial score (nSPS) is 10.8. The predicted octanol–water partition coefficient (Wildman–Crippen LogP) is 3.22. The Morgan fingerprint density at radius 3 is 2.74 bits per heavy atom. The average Bonchev–Trinajstić information content (AvgIpc) is 3.44. The lowest BCUT2D eigenvalue weighted by atomic mass is 10.1. The highest BCUT2D eigenvalue weighted by atomic mass is 16.4. The Balaban J connectivity index is 1.33. The van der Waals surface area contributed by atoms with Crippen molar-refractivity contribution in [3.05, 3.63) is 90.4 Å². The fourth-order valence-corrected chi connectivity index (χ4v) is 2.77. The molecule has 27 heavy (non-hydrogen) atoms. The SMILES string of the molecule is O=C(Nc1cnn(CCc2ccccc2)c1)c1ccc(Cn2cccn2)o1. The van der Waals surface area contributed by atoms with Gasteiger partial charge in [-0.1, -0.05) is 30.3 Å². The summed E-state index contributed by atoms with van der Waals surface area (Å²) >= 11 is 0. The zero-order chi connectivity index (χ0) is 18.5. The van der Waals surface area contributed by atoms with Crippen molar-refractivity contribution < 1.29 is 9.21 Å². The van der Waals surface area contributed by atoms with Crippen molar-refractivity contribution in [1.29, 1.82) is 0 Å². The lowest BCUT2D eigenvalue weighted by Crippen LogP contribution is -2.10. The Morgan fingerprint density at radius 2 is 1.93 bits per heavy atom. The minimum Gasteiger partial charge on any atom is -0.454 e. The number of amides is 1. The Bertz CT molecular complexity index is 1000. The standard InChI is InChI=1S/C20H19N5O2/c26-20(19-8-7-18(27-19)15-24-11-4-10-21-24)23-17-13-22-25(14-17)12-9-16-5-2-1-3-6-16/h1-8,10-11,13-14H,9,12,15H2,(H,23,26). The smallest absolute Gasteiger partial charge is 0.291 e. The van der Waals surface area contributed by atoms with Crippen molar-refractivity contribution >= 4 is 11.6 Å². The maximum atomic E-state index is 12.4. The molecule has 4 rings (SSSR count). The number of rotatable bonds is 7. The van der Waals surface area contributed by atoms with Gasteiger partial charge in [0.15, 0.2) is 5.76 Å². The molecule has 0 spiro atoms. The third kappa shape index (κ3) is 4.33. The van der Waals surface area contributed by atoms with E-state index in [1.807, 2.05) is 41.3 Å². The molecule has 136 valence electrons. The number of carbonyl (C=O) groups is 1. The van der Waals surface area contributed by atoms with Gasteiger partial charge in [0.05, 0.1) is 18.4 Å². The first-order valence-electron chi connectivity index (χ1n) is 8.70. The average molecular weight is 361 g/mol. The van der Waals surface area contributed by atoms with Gasteiger partial charge in [-0.3, -0.25) is 14.2 Å². The molecule has 3 heterocycles. The number of anilines is 1. The molecule has 3 aromatic heterocycles. The minimum absolute atomic E-state index is 0.259. The molecule has 0 saturated carbocycles. The van der Waals surface area contributed by atoms with E-state index in [9.17, 15) is 4.79 Å². The zero-order valence-corrected chi connectivity index (χ0v) is 14.7. The summed E-state index contributed by atoms with van der Waals surface area (Å²) in [7, 11) is 0. The third-order valence-electron chi connectivity index (χ3n) is 4.13. The summed E-state index contributed by atoms with van der Waals surface area (Å²) in [4.78, 5) is 12.4. The van der Waals surface area contributed by atoms with E-state index in [1.165, 1.54) is 5.56 Å². The van der Waals surface area contributed by atoms with Crippen molar-refractivity contribution in [2.75, 3.05) is 5.32 Å². The van der Waals surface area contributed by atoms with Gasteiger partial charge in [0.25, 0.3) is 5.91 Å². The maximum Gasteiger partial charge on any atom is 0.291 e. The number of benzene rings is 1. The number of carbonyl (C=O) groups excluding carboxylic acids is 1. The number of nitrogens with one attached hydrogen (secondary N) is 1. The van der Waals surface area contributed by atoms with Gasteiger partial charge in [-0.05, 0) is 30.2 Å². The van der Waals surface area contributed by atoms with E-state index >= 15 is 0 Å². The summed E-state index contributed by atoms with van der Waals surface area (Å²) < 4.78 is 9.15. The Morgan fingerprint density at radius 1 is 1.04 bits per heavy atom. The lowest BCUT2D eigenvalue weighted by Gasteiger charge is -2.02. The van der Waals surface area contributed by atoms with Crippen LogP contribution in [0, 0.1) is 0 Å². The predicted molar refractivity (Wildman–Crippen MR) is 100 cm³/mol. The maximum absolute atomic E-state index is 12.4. The van der Waals surface area contributed by atoms with E-state index < -0.39 is 0 Å². The second kappa shape index (κ2) is 7.74. The van der Waals surface area contributed by atoms with Gasteiger partial charge in [0, 0.05) is 25.1 Å². The molecule has 0 aliphatic carbocycles. The molecular weight excluding hydrogens is 342 g/mol. The Labute approximate surface area is 156 Å². The van der Waals surface area contributed by atoms with Gasteiger partial charge < -0.3 is 9.73 Å². The quantitative estimate of drug-likeness (QED) is 0.548.